The normalized spacial score (nSPS) is 12.0. The van der Waals surface area contributed by atoms with Crippen molar-refractivity contribution in [1.82, 2.24) is 4.58 Å². The largest absolute Gasteiger partial charge is 0.762 e. The minimum atomic E-state index is -4.42. The third-order valence-corrected chi connectivity index (χ3v) is 10.6. The molecular formula is C40H33ClN4O3S. The highest BCUT2D eigenvalue weighted by Crippen LogP contribution is 2.44. The monoisotopic (exact) mass is 684 g/mol. The van der Waals surface area contributed by atoms with Crippen molar-refractivity contribution >= 4 is 55.3 Å². The second-order valence-corrected chi connectivity index (χ2v) is 13.9. The van der Waals surface area contributed by atoms with Crippen molar-refractivity contribution in [2.75, 3.05) is 18.0 Å². The summed E-state index contributed by atoms with van der Waals surface area (Å²) in [7, 11) is -4.42. The van der Waals surface area contributed by atoms with Crippen LogP contribution < -0.4 is 14.8 Å². The quantitative estimate of drug-likeness (QED) is 0.0689. The zero-order valence-electron chi connectivity index (χ0n) is 27.5. The van der Waals surface area contributed by atoms with Gasteiger partial charge in [-0.3, -0.25) is 0 Å². The zero-order valence-corrected chi connectivity index (χ0v) is 29.1. The van der Waals surface area contributed by atoms with Crippen LogP contribution >= 0.6 is 11.6 Å². The van der Waals surface area contributed by atoms with E-state index in [9.17, 15) is 19.1 Å². The first kappa shape index (κ1) is 33.5. The van der Waals surface area contributed by atoms with Gasteiger partial charge in [0.2, 0.25) is 20.9 Å². The molecule has 9 heteroatoms. The average molecular weight is 685 g/mol. The van der Waals surface area contributed by atoms with E-state index in [4.69, 9.17) is 16.0 Å². The number of nitriles is 1. The highest BCUT2D eigenvalue weighted by molar-refractivity contribution is 7.96. The van der Waals surface area contributed by atoms with Crippen LogP contribution in [0.15, 0.2) is 117 Å². The molecule has 1 aliphatic carbocycles. The van der Waals surface area contributed by atoms with Crippen molar-refractivity contribution < 1.29 is 12.8 Å². The van der Waals surface area contributed by atoms with Crippen LogP contribution in [0.5, 0.6) is 0 Å². The van der Waals surface area contributed by atoms with Gasteiger partial charge in [-0.2, -0.15) is 9.84 Å². The lowest BCUT2D eigenvalue weighted by Gasteiger charge is -2.26. The summed E-state index contributed by atoms with van der Waals surface area (Å²) in [6, 6.07) is 33.8. The van der Waals surface area contributed by atoms with Crippen LogP contribution in [-0.4, -0.2) is 27.4 Å². The van der Waals surface area contributed by atoms with Crippen LogP contribution in [0.1, 0.15) is 25.0 Å². The summed E-state index contributed by atoms with van der Waals surface area (Å²) in [6.45, 7) is 9.61. The lowest BCUT2D eigenvalue weighted by molar-refractivity contribution is 0.603. The first-order valence-corrected chi connectivity index (χ1v) is 17.7. The molecule has 4 aromatic rings. The number of para-hydroxylation sites is 1. The van der Waals surface area contributed by atoms with E-state index < -0.39 is 14.7 Å². The van der Waals surface area contributed by atoms with Gasteiger partial charge < -0.3 is 14.7 Å². The van der Waals surface area contributed by atoms with E-state index in [-0.39, 0.29) is 4.90 Å². The Hall–Kier alpha value is -5.45. The molecule has 0 saturated carbocycles. The van der Waals surface area contributed by atoms with E-state index in [0.717, 1.165) is 33.5 Å². The van der Waals surface area contributed by atoms with E-state index in [0.29, 0.717) is 51.5 Å². The molecule has 0 aromatic heterocycles. The van der Waals surface area contributed by atoms with Crippen molar-refractivity contribution in [1.29, 1.82) is 5.26 Å². The van der Waals surface area contributed by atoms with Gasteiger partial charge in [-0.05, 0) is 75.7 Å². The lowest BCUT2D eigenvalue weighted by Crippen LogP contribution is -2.26. The molecule has 0 amide bonds. The van der Waals surface area contributed by atoms with Crippen LogP contribution in [0.2, 0.25) is 5.02 Å². The topological polar surface area (TPSA) is 99.6 Å². The number of anilines is 2. The Morgan fingerprint density at radius 1 is 0.898 bits per heavy atom. The number of nitrogens with zero attached hydrogens (tertiary/aromatic N) is 4. The number of halogens is 1. The summed E-state index contributed by atoms with van der Waals surface area (Å²) < 4.78 is 36.3. The molecule has 0 bridgehead atoms. The molecule has 6 rings (SSSR count). The maximum atomic E-state index is 13.7. The van der Waals surface area contributed by atoms with Crippen LogP contribution in [-0.2, 0) is 9.84 Å². The number of allylic oxidation sites excluding steroid dienone is 1. The maximum absolute atomic E-state index is 13.7. The van der Waals surface area contributed by atoms with Gasteiger partial charge in [0.15, 0.2) is 4.91 Å². The Morgan fingerprint density at radius 3 is 2.35 bits per heavy atom. The molecule has 4 aromatic carbocycles. The van der Waals surface area contributed by atoms with E-state index in [1.165, 1.54) is 6.07 Å². The molecule has 2 aliphatic rings. The molecule has 0 unspecified atom stereocenters. The van der Waals surface area contributed by atoms with Gasteiger partial charge in [0.05, 0.1) is 11.0 Å². The summed E-state index contributed by atoms with van der Waals surface area (Å²) in [6.07, 6.45) is 0. The van der Waals surface area contributed by atoms with Crippen molar-refractivity contribution in [3.63, 3.8) is 0 Å². The second kappa shape index (κ2) is 13.6. The fraction of sp³-hybridized carbons (Fsp3) is 0.150. The average Bonchev–Trinajstić information content (AvgIpc) is 3.10. The van der Waals surface area contributed by atoms with Gasteiger partial charge in [0, 0.05) is 68.8 Å². The van der Waals surface area contributed by atoms with E-state index in [1.807, 2.05) is 73.7 Å². The Morgan fingerprint density at radius 2 is 1.65 bits per heavy atom. The Kier molecular flexibility index (Phi) is 9.27. The summed E-state index contributed by atoms with van der Waals surface area (Å²) in [5.74, 6) is 2.11. The minimum Gasteiger partial charge on any atom is -0.762 e. The number of hydrogen-bond acceptors (Lipinski definition) is 5. The van der Waals surface area contributed by atoms with Crippen molar-refractivity contribution in [2.24, 2.45) is 0 Å². The van der Waals surface area contributed by atoms with Gasteiger partial charge in [0.1, 0.15) is 24.0 Å². The summed E-state index contributed by atoms with van der Waals surface area (Å²) in [5, 5.41) is 21.3. The van der Waals surface area contributed by atoms with E-state index in [2.05, 4.69) is 42.4 Å². The predicted molar refractivity (Wildman–Crippen MR) is 198 cm³/mol. The summed E-state index contributed by atoms with van der Waals surface area (Å²) in [5.41, 5.74) is 7.33. The highest BCUT2D eigenvalue weighted by Gasteiger charge is 2.28. The SMILES string of the molecule is CCN(c1ccc2c(-c3ccccc3S(=O)(=O)C(=C=[N-])C#N)c3ccc(=[N+](CC)c4ccc(Cl)cc4C)cc-3oc2c1)c1ccccc1C. The molecule has 7 nitrogen and oxygen atoms in total. The first-order valence-electron chi connectivity index (χ1n) is 15.8. The fourth-order valence-corrected chi connectivity index (χ4v) is 7.83. The van der Waals surface area contributed by atoms with Crippen molar-refractivity contribution in [3.05, 3.63) is 135 Å². The molecule has 49 heavy (non-hydrogen) atoms. The third-order valence-electron chi connectivity index (χ3n) is 8.72. The van der Waals surface area contributed by atoms with Crippen LogP contribution in [0.4, 0.5) is 17.1 Å². The standard InChI is InChI=1S/C40H33ClN4O3S/c1-5-44(35-13-9-7-11-26(35)3)29-16-18-32-37(22-29)48-38-23-30(45(6-2)36-20-15-28(41)21-27(36)4)17-19-33(38)40(32)34-12-8-10-14-39(34)49(46,47)31(24-42)25-43/h7-23H,5-6H2,1-4H3. The van der Waals surface area contributed by atoms with E-state index >= 15 is 0 Å². The molecule has 1 heterocycles. The molecule has 244 valence electrons. The molecular weight excluding hydrogens is 652 g/mol. The maximum Gasteiger partial charge on any atom is 0.222 e. The highest BCUT2D eigenvalue weighted by atomic mass is 35.5. The van der Waals surface area contributed by atoms with Crippen LogP contribution in [0.3, 0.4) is 0 Å². The number of sulfone groups is 1. The van der Waals surface area contributed by atoms with Crippen molar-refractivity contribution in [3.8, 4) is 28.5 Å². The Balaban J connectivity index is 1.71. The minimum absolute atomic E-state index is 0.128. The number of aryl methyl sites for hydroxylation is 2. The predicted octanol–water partition coefficient (Wildman–Crippen LogP) is 9.18. The van der Waals surface area contributed by atoms with Gasteiger partial charge >= 0.3 is 0 Å². The Labute approximate surface area is 291 Å². The molecule has 0 N–H and O–H groups in total. The van der Waals surface area contributed by atoms with E-state index in [1.54, 1.807) is 30.1 Å². The number of benzene rings is 5. The Bertz CT molecular complexity index is 2510. The van der Waals surface area contributed by atoms with Gasteiger partial charge in [-0.15, -0.1) is 0 Å². The van der Waals surface area contributed by atoms with Crippen molar-refractivity contribution in [2.45, 2.75) is 32.6 Å². The number of fused-ring (bicyclic) bond motifs is 2. The summed E-state index contributed by atoms with van der Waals surface area (Å²) in [4.78, 5) is 1.20. The zero-order chi connectivity index (χ0) is 34.9. The lowest BCUT2D eigenvalue weighted by atomic mass is 9.93. The molecule has 0 radical (unpaired) electrons. The second-order valence-electron chi connectivity index (χ2n) is 11.6. The first-order chi connectivity index (χ1) is 23.6. The van der Waals surface area contributed by atoms with Crippen LogP contribution in [0.25, 0.3) is 38.8 Å². The smallest absolute Gasteiger partial charge is 0.222 e. The molecule has 0 atom stereocenters. The van der Waals surface area contributed by atoms with Gasteiger partial charge in [0.25, 0.3) is 0 Å². The molecule has 0 spiro atoms. The molecule has 1 aliphatic heterocycles. The molecule has 0 fully saturated rings. The number of rotatable bonds is 8. The summed E-state index contributed by atoms with van der Waals surface area (Å²) >= 11 is 6.28. The third kappa shape index (κ3) is 6.05. The molecule has 0 saturated heterocycles. The van der Waals surface area contributed by atoms with Crippen LogP contribution in [0, 0.1) is 25.2 Å². The van der Waals surface area contributed by atoms with Gasteiger partial charge in [-0.1, -0.05) is 48.0 Å². The fourth-order valence-electron chi connectivity index (χ4n) is 6.43. The number of hydrogen-bond donors (Lipinski definition) is 0. The van der Waals surface area contributed by atoms with Gasteiger partial charge in [-0.25, -0.2) is 14.3 Å².